The molecule has 0 saturated heterocycles. The molecule has 0 bridgehead atoms. The average molecular weight is 1220 g/mol. The zero-order chi connectivity index (χ0) is 61.8. The van der Waals surface area contributed by atoms with Crippen molar-refractivity contribution in [1.29, 1.82) is 15.8 Å². The van der Waals surface area contributed by atoms with Gasteiger partial charge in [0.05, 0.1) is 83.4 Å². The van der Waals surface area contributed by atoms with Crippen LogP contribution in [0.15, 0.2) is 184 Å². The summed E-state index contributed by atoms with van der Waals surface area (Å²) in [6.45, 7) is 10.4. The van der Waals surface area contributed by atoms with Gasteiger partial charge in [-0.05, 0) is 139 Å². The first-order valence-corrected chi connectivity index (χ1v) is 26.8. The van der Waals surface area contributed by atoms with Crippen molar-refractivity contribution in [2.45, 2.75) is 64.9 Å². The lowest BCUT2D eigenvalue weighted by molar-refractivity contribution is -0.389. The predicted molar refractivity (Wildman–Crippen MR) is 320 cm³/mol. The Morgan fingerprint density at radius 3 is 1.12 bits per heavy atom. The summed E-state index contributed by atoms with van der Waals surface area (Å²) in [4.78, 5) is 38.9. The molecule has 0 aliphatic rings. The van der Waals surface area contributed by atoms with Crippen LogP contribution in [0.2, 0.25) is 0 Å². The van der Waals surface area contributed by atoms with Crippen LogP contribution in [0.4, 0.5) is 29.1 Å². The number of nitrogen functional groups attached to an aromatic ring is 1. The van der Waals surface area contributed by atoms with Gasteiger partial charge in [0.25, 0.3) is 0 Å². The van der Waals surface area contributed by atoms with E-state index in [0.717, 1.165) is 22.3 Å². The number of aliphatic hydroxyl groups excluding tert-OH is 1. The Morgan fingerprint density at radius 1 is 0.518 bits per heavy atom. The molecule has 0 saturated carbocycles. The maximum absolute atomic E-state index is 10.5. The van der Waals surface area contributed by atoms with Crippen molar-refractivity contribution in [3.8, 4) is 18.2 Å². The van der Waals surface area contributed by atoms with E-state index in [1.54, 1.807) is 98.0 Å². The molecule has 29 heteroatoms. The van der Waals surface area contributed by atoms with E-state index in [9.17, 15) is 20.2 Å². The molecule has 10 aromatic rings. The molecule has 0 radical (unpaired) electrons. The molecule has 0 aliphatic carbocycles. The molecule has 10 rings (SSSR count). The van der Waals surface area contributed by atoms with Crippen molar-refractivity contribution in [2.24, 2.45) is 0 Å². The molecule has 438 valence electrons. The van der Waals surface area contributed by atoms with Gasteiger partial charge in [-0.25, -0.2) is 0 Å². The van der Waals surface area contributed by atoms with Crippen LogP contribution in [0.3, 0.4) is 0 Å². The third-order valence-corrected chi connectivity index (χ3v) is 11.8. The highest BCUT2D eigenvalue weighted by molar-refractivity contribution is 9.09. The number of hydrogen-bond donors (Lipinski definition) is 5. The molecule has 0 unspecified atom stereocenters. The van der Waals surface area contributed by atoms with E-state index in [0.29, 0.717) is 22.8 Å². The SMILES string of the molecule is C[C@@H](O)c1ccncc1.C[C@@H](c1ccncc1)n1ccc(N)n1.C[C@@H](c1ccncc1)n1ccc(NCC#N)n1.C[C@@H](c1ccncc1)n1ccc([N+](=O)[O-])n1.C[C@H](c1ccncc1)n1ccc(NCC#N)n1.N#CCBr.O=[N+]([O-])c1ccn[nH]1. The summed E-state index contributed by atoms with van der Waals surface area (Å²) < 4.78 is 7.11. The minimum Gasteiger partial charge on any atom is -0.389 e. The molecule has 10 heterocycles. The predicted octanol–water partition coefficient (Wildman–Crippen LogP) is 9.27. The maximum Gasteiger partial charge on any atom is 0.389 e. The second kappa shape index (κ2) is 37.0. The molecule has 0 spiro atoms. The third kappa shape index (κ3) is 23.5. The van der Waals surface area contributed by atoms with Crippen LogP contribution >= 0.6 is 15.9 Å². The number of nitro groups is 2. The van der Waals surface area contributed by atoms with Crippen LogP contribution in [0.1, 0.15) is 92.7 Å². The lowest BCUT2D eigenvalue weighted by atomic mass is 10.1. The summed E-state index contributed by atoms with van der Waals surface area (Å²) in [6.07, 6.45) is 25.5. The van der Waals surface area contributed by atoms with Crippen LogP contribution in [-0.4, -0.2) is 108 Å². The Bertz CT molecular complexity index is 3470. The summed E-state index contributed by atoms with van der Waals surface area (Å²) in [5.41, 5.74) is 10.9. The molecule has 0 amide bonds. The van der Waals surface area contributed by atoms with Crippen LogP contribution in [0.5, 0.6) is 0 Å². The molecular formula is C56H62BrN23O5. The number of rotatable bonds is 15. The van der Waals surface area contributed by atoms with E-state index in [4.69, 9.17) is 26.6 Å². The fourth-order valence-corrected chi connectivity index (χ4v) is 6.94. The first-order chi connectivity index (χ1) is 41.1. The number of hydrogen-bond acceptors (Lipinski definition) is 21. The standard InChI is InChI=1S/2C12H13N5.C10H10N4O2.C10H12N4.C7H9NO.C3H3N3O2.C2H2BrN/c2*1-10(11-2-6-14-7-3-11)17-9-4-12(16-17)15-8-5-13;1-8(9-2-5-11-6-3-9)13-7-4-10(12-13)14(15)16;1-8(9-2-5-12-6-3-9)14-7-4-10(11)13-14;1-6(9)7-2-4-8-5-3-7;7-6(8)3-1-2-4-5-3;3-1-2-4/h2*2-4,6-7,9-10H,8H2,1H3,(H,15,16);2-8H,1H3;2-8H,1H3,(H2,11,13);2-6,9H,1H3;1-2H,(H,4,5);1H2/t2*10-;2*8-;6-;;/m10001../s1. The summed E-state index contributed by atoms with van der Waals surface area (Å²) >= 11 is 2.89. The second-order valence-electron chi connectivity index (χ2n) is 17.3. The second-order valence-corrected chi connectivity index (χ2v) is 17.9. The van der Waals surface area contributed by atoms with Gasteiger partial charge in [-0.2, -0.15) is 35.8 Å². The number of nitrogens with one attached hydrogen (secondary N) is 3. The van der Waals surface area contributed by atoms with Crippen LogP contribution in [0.25, 0.3) is 0 Å². The molecule has 6 N–H and O–H groups in total. The molecule has 0 aromatic carbocycles. The highest BCUT2D eigenvalue weighted by Crippen LogP contribution is 2.21. The van der Waals surface area contributed by atoms with E-state index >= 15 is 0 Å². The van der Waals surface area contributed by atoms with Gasteiger partial charge in [-0.1, -0.05) is 21.0 Å². The molecule has 0 aliphatic heterocycles. The fraction of sp³-hybridized carbons (Fsp3) is 0.232. The fourth-order valence-electron chi connectivity index (χ4n) is 6.94. The molecule has 0 fully saturated rings. The summed E-state index contributed by atoms with van der Waals surface area (Å²) in [5.74, 6) is 1.76. The molecule has 5 atom stereocenters. The number of alkyl halides is 1. The van der Waals surface area contributed by atoms with Gasteiger partial charge < -0.3 is 41.7 Å². The summed E-state index contributed by atoms with van der Waals surface area (Å²) in [7, 11) is 0. The maximum atomic E-state index is 10.5. The number of nitrogens with zero attached hydrogens (tertiary/aromatic N) is 19. The Labute approximate surface area is 497 Å². The monoisotopic (exact) mass is 1220 g/mol. The zero-order valence-electron chi connectivity index (χ0n) is 46.9. The van der Waals surface area contributed by atoms with Crippen molar-refractivity contribution >= 4 is 45.0 Å². The number of aliphatic hydroxyl groups is 1. The molecule has 85 heavy (non-hydrogen) atoms. The van der Waals surface area contributed by atoms with Gasteiger partial charge in [0.15, 0.2) is 0 Å². The van der Waals surface area contributed by atoms with Gasteiger partial charge in [0.2, 0.25) is 0 Å². The van der Waals surface area contributed by atoms with Crippen molar-refractivity contribution < 1.29 is 15.0 Å². The molecular weight excluding hydrogens is 1150 g/mol. The van der Waals surface area contributed by atoms with Gasteiger partial charge in [0.1, 0.15) is 30.5 Å². The number of H-pyrrole nitrogens is 1. The number of anilines is 3. The largest absolute Gasteiger partial charge is 0.389 e. The number of halogens is 1. The minimum atomic E-state index is -0.535. The molecule has 28 nitrogen and oxygen atoms in total. The molecule has 10 aromatic heterocycles. The number of nitrogens with two attached hydrogens (primary N) is 1. The van der Waals surface area contributed by atoms with Gasteiger partial charge in [-0.15, -0.1) is 5.10 Å². The number of aromatic nitrogens is 15. The van der Waals surface area contributed by atoms with Crippen molar-refractivity contribution in [1.82, 2.24) is 74.2 Å². The first-order valence-electron chi connectivity index (χ1n) is 25.7. The van der Waals surface area contributed by atoms with Crippen LogP contribution in [0, 0.1) is 54.2 Å². The Morgan fingerprint density at radius 2 is 0.859 bits per heavy atom. The topological polar surface area (TPSA) is 392 Å². The zero-order valence-corrected chi connectivity index (χ0v) is 48.4. The highest BCUT2D eigenvalue weighted by Gasteiger charge is 2.17. The lowest BCUT2D eigenvalue weighted by Gasteiger charge is -2.11. The Kier molecular flexibility index (Phi) is 28.9. The van der Waals surface area contributed by atoms with E-state index in [-0.39, 0.29) is 55.0 Å². The van der Waals surface area contributed by atoms with Crippen molar-refractivity contribution in [2.75, 3.05) is 34.8 Å². The van der Waals surface area contributed by atoms with E-state index < -0.39 is 9.85 Å². The average Bonchev–Trinajstić information content (AvgIpc) is 4.64. The first kappa shape index (κ1) is 66.4. The van der Waals surface area contributed by atoms with Crippen LogP contribution in [-0.2, 0) is 0 Å². The van der Waals surface area contributed by atoms with Crippen molar-refractivity contribution in [3.63, 3.8) is 0 Å². The lowest BCUT2D eigenvalue weighted by Crippen LogP contribution is -2.08. The summed E-state index contributed by atoms with van der Waals surface area (Å²) in [6, 6.07) is 33.6. The minimum absolute atomic E-state index is 0.0447. The smallest absolute Gasteiger partial charge is 0.389 e. The Hall–Kier alpha value is -11.1. The van der Waals surface area contributed by atoms with Crippen molar-refractivity contribution in [3.05, 3.63) is 232 Å². The Balaban J connectivity index is 0.000000219. The van der Waals surface area contributed by atoms with E-state index in [1.165, 1.54) is 23.9 Å². The van der Waals surface area contributed by atoms with Gasteiger partial charge in [-0.3, -0.25) is 39.0 Å². The number of nitriles is 3. The normalized spacial score (nSPS) is 11.6. The highest BCUT2D eigenvalue weighted by atomic mass is 79.9. The third-order valence-electron chi connectivity index (χ3n) is 11.6. The van der Waals surface area contributed by atoms with Crippen LogP contribution < -0.4 is 16.4 Å². The van der Waals surface area contributed by atoms with Gasteiger partial charge >= 0.3 is 11.6 Å². The quantitative estimate of drug-likeness (QED) is 0.0276. The van der Waals surface area contributed by atoms with E-state index in [1.807, 2.05) is 118 Å². The van der Waals surface area contributed by atoms with Gasteiger partial charge in [0, 0.05) is 92.7 Å². The number of pyridine rings is 5. The summed E-state index contributed by atoms with van der Waals surface area (Å²) in [5, 5.41) is 82.4. The van der Waals surface area contributed by atoms with E-state index in [2.05, 4.69) is 103 Å². The number of aromatic amines is 1.